The summed E-state index contributed by atoms with van der Waals surface area (Å²) in [6.45, 7) is 2.02. The highest BCUT2D eigenvalue weighted by Crippen LogP contribution is 2.11. The molecule has 0 amide bonds. The number of hydrogen-bond donors (Lipinski definition) is 1. The smallest absolute Gasteiger partial charge is 0.212 e. The van der Waals surface area contributed by atoms with Gasteiger partial charge < -0.3 is 4.74 Å². The Labute approximate surface area is 83.7 Å². The summed E-state index contributed by atoms with van der Waals surface area (Å²) in [6.07, 6.45) is 0. The molecule has 0 fully saturated rings. The Hall–Kier alpha value is -1.07. The summed E-state index contributed by atoms with van der Waals surface area (Å²) in [4.78, 5) is 0. The molecule has 5 heteroatoms. The predicted molar refractivity (Wildman–Crippen MR) is 54.6 cm³/mol. The summed E-state index contributed by atoms with van der Waals surface area (Å²) >= 11 is 0. The quantitative estimate of drug-likeness (QED) is 0.802. The molecule has 14 heavy (non-hydrogen) atoms. The maximum absolute atomic E-state index is 10.6. The van der Waals surface area contributed by atoms with Crippen LogP contribution in [0.25, 0.3) is 0 Å². The third kappa shape index (κ3) is 4.25. The molecule has 0 bridgehead atoms. The van der Waals surface area contributed by atoms with Crippen molar-refractivity contribution in [3.05, 3.63) is 29.8 Å². The topological polar surface area (TPSA) is 69.4 Å². The second-order valence-electron chi connectivity index (χ2n) is 3.03. The zero-order valence-corrected chi connectivity index (χ0v) is 8.75. The largest absolute Gasteiger partial charge is 0.492 e. The first-order valence-electron chi connectivity index (χ1n) is 4.17. The highest BCUT2D eigenvalue weighted by molar-refractivity contribution is 7.89. The zero-order valence-electron chi connectivity index (χ0n) is 7.93. The summed E-state index contributed by atoms with van der Waals surface area (Å²) in [5.74, 6) is 0.495. The maximum atomic E-state index is 10.6. The van der Waals surface area contributed by atoms with Gasteiger partial charge in [0.05, 0.1) is 5.75 Å². The first-order valence-corrected chi connectivity index (χ1v) is 5.89. The van der Waals surface area contributed by atoms with E-state index in [9.17, 15) is 8.42 Å². The molecule has 4 nitrogen and oxygen atoms in total. The summed E-state index contributed by atoms with van der Waals surface area (Å²) in [5.41, 5.74) is 1.07. The first kappa shape index (κ1) is 11.0. The number of nitrogens with two attached hydrogens (primary N) is 1. The average Bonchev–Trinajstić information content (AvgIpc) is 2.01. The molecule has 1 aromatic carbocycles. The van der Waals surface area contributed by atoms with Crippen molar-refractivity contribution in [3.8, 4) is 5.75 Å². The molecule has 0 aliphatic carbocycles. The third-order valence-corrected chi connectivity index (χ3v) is 2.36. The second-order valence-corrected chi connectivity index (χ2v) is 4.77. The number of ether oxygens (including phenoxy) is 1. The Bertz CT molecular complexity index is 400. The standard InChI is InChI=1S/C9H13NO3S/c1-8-3-2-4-9(7-8)13-5-6-14(10,11)12/h2-4,7H,5-6H2,1H3,(H2,10,11,12). The van der Waals surface area contributed by atoms with Crippen LogP contribution in [-0.2, 0) is 10.0 Å². The van der Waals surface area contributed by atoms with Crippen LogP contribution in [0.15, 0.2) is 24.3 Å². The fourth-order valence-corrected chi connectivity index (χ4v) is 1.30. The molecule has 78 valence electrons. The van der Waals surface area contributed by atoms with E-state index >= 15 is 0 Å². The van der Waals surface area contributed by atoms with E-state index in [0.29, 0.717) is 5.75 Å². The van der Waals surface area contributed by atoms with Crippen LogP contribution in [0.3, 0.4) is 0 Å². The summed E-state index contributed by atoms with van der Waals surface area (Å²) in [6, 6.07) is 7.40. The van der Waals surface area contributed by atoms with Crippen LogP contribution in [0.1, 0.15) is 5.56 Å². The minimum atomic E-state index is -3.43. The van der Waals surface area contributed by atoms with Gasteiger partial charge in [-0.05, 0) is 24.6 Å². The van der Waals surface area contributed by atoms with Gasteiger partial charge in [-0.25, -0.2) is 13.6 Å². The van der Waals surface area contributed by atoms with Gasteiger partial charge in [-0.2, -0.15) is 0 Å². The van der Waals surface area contributed by atoms with E-state index in [1.54, 1.807) is 6.07 Å². The van der Waals surface area contributed by atoms with E-state index in [1.165, 1.54) is 0 Å². The molecule has 0 aromatic heterocycles. The lowest BCUT2D eigenvalue weighted by atomic mass is 10.2. The van der Waals surface area contributed by atoms with Gasteiger partial charge in [0.1, 0.15) is 12.4 Å². The molecule has 1 aromatic rings. The van der Waals surface area contributed by atoms with E-state index < -0.39 is 10.0 Å². The van der Waals surface area contributed by atoms with Crippen LogP contribution in [0, 0.1) is 6.92 Å². The number of hydrogen-bond acceptors (Lipinski definition) is 3. The Morgan fingerprint density at radius 1 is 1.43 bits per heavy atom. The van der Waals surface area contributed by atoms with E-state index in [4.69, 9.17) is 9.88 Å². The lowest BCUT2D eigenvalue weighted by molar-refractivity contribution is 0.340. The summed E-state index contributed by atoms with van der Waals surface area (Å²) in [7, 11) is -3.43. The minimum absolute atomic E-state index is 0.0856. The molecule has 0 aliphatic heterocycles. The van der Waals surface area contributed by atoms with Crippen molar-refractivity contribution in [2.75, 3.05) is 12.4 Å². The van der Waals surface area contributed by atoms with Gasteiger partial charge in [0.25, 0.3) is 0 Å². The van der Waals surface area contributed by atoms with Crippen molar-refractivity contribution in [3.63, 3.8) is 0 Å². The second kappa shape index (κ2) is 4.43. The summed E-state index contributed by atoms with van der Waals surface area (Å²) < 4.78 is 26.4. The number of aryl methyl sites for hydroxylation is 1. The minimum Gasteiger partial charge on any atom is -0.492 e. The molecule has 2 N–H and O–H groups in total. The fraction of sp³-hybridized carbons (Fsp3) is 0.333. The lowest BCUT2D eigenvalue weighted by Crippen LogP contribution is -2.21. The fourth-order valence-electron chi connectivity index (χ4n) is 0.981. The first-order chi connectivity index (χ1) is 6.47. The van der Waals surface area contributed by atoms with E-state index in [2.05, 4.69) is 0 Å². The maximum Gasteiger partial charge on any atom is 0.212 e. The lowest BCUT2D eigenvalue weighted by Gasteiger charge is -2.05. The highest BCUT2D eigenvalue weighted by Gasteiger charge is 2.02. The molecule has 1 rings (SSSR count). The van der Waals surface area contributed by atoms with Crippen molar-refractivity contribution in [2.24, 2.45) is 5.14 Å². The van der Waals surface area contributed by atoms with Crippen LogP contribution in [0.5, 0.6) is 5.75 Å². The Morgan fingerprint density at radius 2 is 2.14 bits per heavy atom. The average molecular weight is 215 g/mol. The van der Waals surface area contributed by atoms with Crippen LogP contribution in [0.4, 0.5) is 0 Å². The number of rotatable bonds is 4. The van der Waals surface area contributed by atoms with Crippen LogP contribution in [-0.4, -0.2) is 20.8 Å². The Balaban J connectivity index is 2.47. The van der Waals surface area contributed by atoms with Crippen molar-refractivity contribution in [2.45, 2.75) is 6.92 Å². The SMILES string of the molecule is Cc1cccc(OCCS(N)(=O)=O)c1. The number of benzene rings is 1. The van der Waals surface area contributed by atoms with Crippen molar-refractivity contribution in [1.82, 2.24) is 0 Å². The third-order valence-electron chi connectivity index (χ3n) is 1.63. The monoisotopic (exact) mass is 215 g/mol. The number of primary sulfonamides is 1. The van der Waals surface area contributed by atoms with Gasteiger partial charge in [0.2, 0.25) is 10.0 Å². The van der Waals surface area contributed by atoms with Crippen molar-refractivity contribution < 1.29 is 13.2 Å². The molecule has 0 saturated carbocycles. The molecular formula is C9H13NO3S. The van der Waals surface area contributed by atoms with Crippen molar-refractivity contribution in [1.29, 1.82) is 0 Å². The Morgan fingerprint density at radius 3 is 2.71 bits per heavy atom. The van der Waals surface area contributed by atoms with Crippen molar-refractivity contribution >= 4 is 10.0 Å². The molecule has 0 spiro atoms. The van der Waals surface area contributed by atoms with Crippen LogP contribution in [0.2, 0.25) is 0 Å². The molecule has 0 saturated heterocycles. The van der Waals surface area contributed by atoms with Crippen LogP contribution >= 0.6 is 0 Å². The predicted octanol–water partition coefficient (Wildman–Crippen LogP) is 0.662. The van der Waals surface area contributed by atoms with E-state index in [0.717, 1.165) is 5.56 Å². The summed E-state index contributed by atoms with van der Waals surface area (Å²) in [5, 5.41) is 4.82. The van der Waals surface area contributed by atoms with Gasteiger partial charge in [-0.15, -0.1) is 0 Å². The van der Waals surface area contributed by atoms with Gasteiger partial charge in [0.15, 0.2) is 0 Å². The van der Waals surface area contributed by atoms with Crippen LogP contribution < -0.4 is 9.88 Å². The number of sulfonamides is 1. The van der Waals surface area contributed by atoms with Gasteiger partial charge in [-0.1, -0.05) is 12.1 Å². The molecule has 0 radical (unpaired) electrons. The zero-order chi connectivity index (χ0) is 10.6. The van der Waals surface area contributed by atoms with E-state index in [-0.39, 0.29) is 12.4 Å². The Kier molecular flexibility index (Phi) is 3.49. The van der Waals surface area contributed by atoms with E-state index in [1.807, 2.05) is 25.1 Å². The van der Waals surface area contributed by atoms with Gasteiger partial charge >= 0.3 is 0 Å². The molecule has 0 atom stereocenters. The normalized spacial score (nSPS) is 11.3. The molecule has 0 unspecified atom stereocenters. The van der Waals surface area contributed by atoms with Gasteiger partial charge in [0, 0.05) is 0 Å². The molecular weight excluding hydrogens is 202 g/mol. The van der Waals surface area contributed by atoms with Gasteiger partial charge in [-0.3, -0.25) is 0 Å². The molecule has 0 aliphatic rings. The highest BCUT2D eigenvalue weighted by atomic mass is 32.2. The molecule has 0 heterocycles.